The van der Waals surface area contributed by atoms with E-state index in [0.29, 0.717) is 5.92 Å². The van der Waals surface area contributed by atoms with E-state index in [1.807, 2.05) is 0 Å². The van der Waals surface area contributed by atoms with Crippen LogP contribution in [0.25, 0.3) is 22.2 Å². The monoisotopic (exact) mass is 479 g/mol. The summed E-state index contributed by atoms with van der Waals surface area (Å²) in [7, 11) is 1.53. The fourth-order valence-electron chi connectivity index (χ4n) is 6.54. The number of H-pyrrole nitrogens is 1. The summed E-state index contributed by atoms with van der Waals surface area (Å²) in [5, 5.41) is 1.21. The topological polar surface area (TPSA) is 42.1 Å². The second kappa shape index (κ2) is 6.96. The number of esters is 1. The largest absolute Gasteiger partial charge is 0.469 e. The molecule has 0 aliphatic heterocycles. The average Bonchev–Trinajstić information content (AvgIpc) is 3.13. The minimum atomic E-state index is -0.567. The van der Waals surface area contributed by atoms with E-state index in [1.54, 1.807) is 0 Å². The Morgan fingerprint density at radius 2 is 1.97 bits per heavy atom. The van der Waals surface area contributed by atoms with Crippen LogP contribution in [0.1, 0.15) is 75.5 Å². The minimum absolute atomic E-state index is 0.0525. The Labute approximate surface area is 192 Å². The number of benzene rings is 2. The van der Waals surface area contributed by atoms with Crippen molar-refractivity contribution in [3.8, 4) is 11.3 Å². The van der Waals surface area contributed by atoms with Gasteiger partial charge in [0.25, 0.3) is 0 Å². The second-order valence-corrected chi connectivity index (χ2v) is 11.0. The zero-order valence-electron chi connectivity index (χ0n) is 18.9. The van der Waals surface area contributed by atoms with Crippen molar-refractivity contribution in [2.45, 2.75) is 64.2 Å². The lowest BCUT2D eigenvalue weighted by Gasteiger charge is -2.54. The van der Waals surface area contributed by atoms with Gasteiger partial charge in [0.05, 0.1) is 23.7 Å². The molecule has 2 aliphatic carbocycles. The molecule has 3 nitrogen and oxygen atoms in total. The average molecular weight is 480 g/mol. The summed E-state index contributed by atoms with van der Waals surface area (Å²) >= 11 is 3.75. The molecule has 0 saturated heterocycles. The molecule has 2 aliphatic rings. The number of hydrogen-bond acceptors (Lipinski definition) is 2. The molecular formula is C27H30BrNO2. The lowest BCUT2D eigenvalue weighted by molar-refractivity contribution is -0.157. The normalized spacial score (nSPS) is 27.0. The first-order chi connectivity index (χ1) is 14.7. The van der Waals surface area contributed by atoms with Crippen molar-refractivity contribution < 1.29 is 9.53 Å². The van der Waals surface area contributed by atoms with Crippen molar-refractivity contribution in [3.05, 3.63) is 57.6 Å². The predicted octanol–water partition coefficient (Wildman–Crippen LogP) is 7.44. The molecule has 1 N–H and O–H groups in total. The minimum Gasteiger partial charge on any atom is -0.469 e. The third-order valence-electron chi connectivity index (χ3n) is 8.02. The van der Waals surface area contributed by atoms with E-state index in [-0.39, 0.29) is 17.3 Å². The van der Waals surface area contributed by atoms with Gasteiger partial charge in [-0.3, -0.25) is 4.79 Å². The van der Waals surface area contributed by atoms with E-state index in [1.165, 1.54) is 40.4 Å². The number of hydrogen-bond donors (Lipinski definition) is 1. The van der Waals surface area contributed by atoms with E-state index in [9.17, 15) is 4.79 Å². The zero-order valence-corrected chi connectivity index (χ0v) is 20.5. The Balaban J connectivity index is 1.91. The molecule has 1 heterocycles. The molecule has 3 aromatic rings. The van der Waals surface area contributed by atoms with Gasteiger partial charge in [-0.1, -0.05) is 51.5 Å². The van der Waals surface area contributed by atoms with E-state index >= 15 is 0 Å². The lowest BCUT2D eigenvalue weighted by atomic mass is 9.49. The van der Waals surface area contributed by atoms with Crippen molar-refractivity contribution >= 4 is 32.8 Å². The molecule has 2 aromatic carbocycles. The number of methoxy groups -OCH3 is 1. The molecule has 1 fully saturated rings. The number of rotatable bonds is 2. The third-order valence-corrected chi connectivity index (χ3v) is 8.69. The standard InChI is InChI=1S/C27H30BrNO2/c1-15(2)16-10-11-19-18(14-16)23-21(17-8-6-9-20(28)22(17)29-23)24-26(19,3)12-7-13-27(24,4)25(30)31-5/h6,8-11,14-15,24,29H,7,12-13H2,1-5H3/t24-,26-,27-/m1/s1. The molecule has 5 rings (SSSR count). The Hall–Kier alpha value is -2.07. The van der Waals surface area contributed by atoms with Crippen LogP contribution in [0.3, 0.4) is 0 Å². The summed E-state index contributed by atoms with van der Waals surface area (Å²) in [6.45, 7) is 8.97. The maximum absolute atomic E-state index is 13.2. The molecule has 3 atom stereocenters. The summed E-state index contributed by atoms with van der Waals surface area (Å²) in [6, 6.07) is 13.3. The Morgan fingerprint density at radius 3 is 2.68 bits per heavy atom. The van der Waals surface area contributed by atoms with Gasteiger partial charge in [-0.2, -0.15) is 0 Å². The Kier molecular flexibility index (Phi) is 4.68. The van der Waals surface area contributed by atoms with Crippen molar-refractivity contribution in [3.63, 3.8) is 0 Å². The first kappa shape index (κ1) is 20.8. The van der Waals surface area contributed by atoms with Crippen LogP contribution in [-0.4, -0.2) is 18.1 Å². The molecule has 0 radical (unpaired) electrons. The molecule has 4 heteroatoms. The van der Waals surface area contributed by atoms with E-state index < -0.39 is 5.41 Å². The molecule has 1 saturated carbocycles. The number of fused-ring (bicyclic) bond motifs is 8. The van der Waals surface area contributed by atoms with Gasteiger partial charge in [0.1, 0.15) is 0 Å². The van der Waals surface area contributed by atoms with Crippen LogP contribution >= 0.6 is 15.9 Å². The quantitative estimate of drug-likeness (QED) is 0.388. The molecule has 31 heavy (non-hydrogen) atoms. The summed E-state index contributed by atoms with van der Waals surface area (Å²) in [5.41, 5.74) is 6.84. The van der Waals surface area contributed by atoms with E-state index in [0.717, 1.165) is 29.3 Å². The van der Waals surface area contributed by atoms with Crippen LogP contribution in [0.15, 0.2) is 40.9 Å². The molecular weight excluding hydrogens is 450 g/mol. The van der Waals surface area contributed by atoms with Crippen molar-refractivity contribution in [2.75, 3.05) is 7.11 Å². The van der Waals surface area contributed by atoms with Crippen LogP contribution in [0, 0.1) is 5.41 Å². The van der Waals surface area contributed by atoms with Gasteiger partial charge in [0, 0.05) is 26.8 Å². The van der Waals surface area contributed by atoms with Gasteiger partial charge < -0.3 is 9.72 Å². The lowest BCUT2D eigenvalue weighted by Crippen LogP contribution is -2.50. The van der Waals surface area contributed by atoms with E-state index in [4.69, 9.17) is 4.74 Å². The van der Waals surface area contributed by atoms with E-state index in [2.05, 4.69) is 85.0 Å². The first-order valence-electron chi connectivity index (χ1n) is 11.3. The maximum atomic E-state index is 13.2. The Morgan fingerprint density at radius 1 is 1.19 bits per heavy atom. The van der Waals surface area contributed by atoms with Crippen molar-refractivity contribution in [2.24, 2.45) is 5.41 Å². The smallest absolute Gasteiger partial charge is 0.312 e. The number of nitrogens with one attached hydrogen (secondary N) is 1. The molecule has 0 bridgehead atoms. The van der Waals surface area contributed by atoms with Gasteiger partial charge in [0.2, 0.25) is 0 Å². The summed E-state index contributed by atoms with van der Waals surface area (Å²) in [6.07, 6.45) is 2.93. The van der Waals surface area contributed by atoms with Crippen LogP contribution in [0.2, 0.25) is 0 Å². The SMILES string of the molecule is COC(=O)[C@]1(C)CCC[C@]2(C)c3ccc(C(C)C)cc3-c3[nH]c4c(Br)cccc4c3[C@@H]12. The highest BCUT2D eigenvalue weighted by atomic mass is 79.9. The zero-order chi connectivity index (χ0) is 22.1. The summed E-state index contributed by atoms with van der Waals surface area (Å²) < 4.78 is 6.45. The van der Waals surface area contributed by atoms with Crippen LogP contribution in [-0.2, 0) is 14.9 Å². The number of aromatic amines is 1. The van der Waals surface area contributed by atoms with Gasteiger partial charge in [-0.15, -0.1) is 0 Å². The number of para-hydroxylation sites is 1. The predicted molar refractivity (Wildman–Crippen MR) is 130 cm³/mol. The van der Waals surface area contributed by atoms with Gasteiger partial charge in [0.15, 0.2) is 0 Å². The number of carbonyl (C=O) groups excluding carboxylic acids is 1. The third kappa shape index (κ3) is 2.73. The van der Waals surface area contributed by atoms with Crippen LogP contribution in [0.5, 0.6) is 0 Å². The fourth-order valence-corrected chi connectivity index (χ4v) is 7.00. The molecule has 0 spiro atoms. The van der Waals surface area contributed by atoms with Crippen LogP contribution in [0.4, 0.5) is 0 Å². The highest BCUT2D eigenvalue weighted by molar-refractivity contribution is 9.10. The van der Waals surface area contributed by atoms with Gasteiger partial charge in [-0.05, 0) is 70.4 Å². The molecule has 162 valence electrons. The summed E-state index contributed by atoms with van der Waals surface area (Å²) in [4.78, 5) is 17.0. The number of carbonyl (C=O) groups is 1. The summed E-state index contributed by atoms with van der Waals surface area (Å²) in [5.74, 6) is 0.416. The van der Waals surface area contributed by atoms with Crippen LogP contribution < -0.4 is 0 Å². The fraction of sp³-hybridized carbons (Fsp3) is 0.444. The maximum Gasteiger partial charge on any atom is 0.312 e. The van der Waals surface area contributed by atoms with Gasteiger partial charge >= 0.3 is 5.97 Å². The van der Waals surface area contributed by atoms with Crippen molar-refractivity contribution in [1.29, 1.82) is 0 Å². The van der Waals surface area contributed by atoms with Gasteiger partial charge in [-0.25, -0.2) is 0 Å². The number of halogens is 1. The number of ether oxygens (including phenoxy) is 1. The number of aromatic nitrogens is 1. The molecule has 0 unspecified atom stereocenters. The second-order valence-electron chi connectivity index (χ2n) is 10.1. The Bertz CT molecular complexity index is 1210. The highest BCUT2D eigenvalue weighted by Gasteiger charge is 2.58. The molecule has 1 aromatic heterocycles. The first-order valence-corrected chi connectivity index (χ1v) is 12.0. The highest BCUT2D eigenvalue weighted by Crippen LogP contribution is 2.64. The molecule has 0 amide bonds. The van der Waals surface area contributed by atoms with Crippen molar-refractivity contribution in [1.82, 2.24) is 4.98 Å².